The number of nitro benzene ring substituents is 1. The monoisotopic (exact) mass is 220 g/mol. The molecule has 0 amide bonds. The maximum Gasteiger partial charge on any atom is 0.418 e. The van der Waals surface area contributed by atoms with Gasteiger partial charge in [0.05, 0.1) is 10.5 Å². The highest BCUT2D eigenvalue weighted by atomic mass is 19.4. The van der Waals surface area contributed by atoms with Crippen molar-refractivity contribution in [3.8, 4) is 0 Å². The first-order chi connectivity index (χ1) is 6.86. The second kappa shape index (κ2) is 3.76. The lowest BCUT2D eigenvalue weighted by molar-refractivity contribution is -0.385. The third-order valence-electron chi connectivity index (χ3n) is 1.79. The first kappa shape index (κ1) is 11.3. The van der Waals surface area contributed by atoms with Gasteiger partial charge >= 0.3 is 6.18 Å². The zero-order chi connectivity index (χ0) is 11.6. The number of non-ortho nitro benzene ring substituents is 1. The third kappa shape index (κ3) is 2.36. The lowest BCUT2D eigenvalue weighted by Gasteiger charge is -2.11. The number of hydrogen-bond donors (Lipinski definition) is 1. The van der Waals surface area contributed by atoms with Gasteiger partial charge in [0.15, 0.2) is 0 Å². The largest absolute Gasteiger partial charge is 0.418 e. The van der Waals surface area contributed by atoms with Crippen LogP contribution < -0.4 is 5.32 Å². The second-order valence-electron chi connectivity index (χ2n) is 2.73. The summed E-state index contributed by atoms with van der Waals surface area (Å²) in [5, 5.41) is 12.6. The standard InChI is InChI=1S/C8H7F3N2O2/c1-12-7-3-2-5(13(14)15)4-6(7)8(9,10)11/h2-4,12H,1H3. The molecule has 4 nitrogen and oxygen atoms in total. The van der Waals surface area contributed by atoms with E-state index in [1.54, 1.807) is 0 Å². The van der Waals surface area contributed by atoms with E-state index in [1.165, 1.54) is 7.05 Å². The SMILES string of the molecule is CNc1ccc([N+](=O)[O-])cc1C(F)(F)F. The number of rotatable bonds is 2. The molecule has 0 spiro atoms. The molecule has 15 heavy (non-hydrogen) atoms. The zero-order valence-electron chi connectivity index (χ0n) is 7.63. The van der Waals surface area contributed by atoms with E-state index in [9.17, 15) is 23.3 Å². The van der Waals surface area contributed by atoms with Crippen LogP contribution in [0.3, 0.4) is 0 Å². The average molecular weight is 220 g/mol. The van der Waals surface area contributed by atoms with Crippen LogP contribution in [0.1, 0.15) is 5.56 Å². The smallest absolute Gasteiger partial charge is 0.388 e. The first-order valence-electron chi connectivity index (χ1n) is 3.89. The Balaban J connectivity index is 3.32. The average Bonchev–Trinajstić information content (AvgIpc) is 2.15. The summed E-state index contributed by atoms with van der Waals surface area (Å²) in [4.78, 5) is 9.43. The van der Waals surface area contributed by atoms with Crippen molar-refractivity contribution in [1.29, 1.82) is 0 Å². The quantitative estimate of drug-likeness (QED) is 0.615. The van der Waals surface area contributed by atoms with E-state index in [2.05, 4.69) is 5.32 Å². The molecule has 1 aromatic carbocycles. The minimum atomic E-state index is -4.61. The molecule has 0 radical (unpaired) electrons. The van der Waals surface area contributed by atoms with E-state index in [1.807, 2.05) is 0 Å². The fraction of sp³-hybridized carbons (Fsp3) is 0.250. The summed E-state index contributed by atoms with van der Waals surface area (Å²) in [5.74, 6) is 0. The topological polar surface area (TPSA) is 55.2 Å². The summed E-state index contributed by atoms with van der Waals surface area (Å²) in [6.45, 7) is 0. The second-order valence-corrected chi connectivity index (χ2v) is 2.73. The van der Waals surface area contributed by atoms with E-state index in [0.717, 1.165) is 12.1 Å². The van der Waals surface area contributed by atoms with E-state index in [-0.39, 0.29) is 5.69 Å². The maximum absolute atomic E-state index is 12.4. The Labute approximate surface area is 82.9 Å². The number of nitrogens with zero attached hydrogens (tertiary/aromatic N) is 1. The molecule has 0 aromatic heterocycles. The third-order valence-corrected chi connectivity index (χ3v) is 1.79. The summed E-state index contributed by atoms with van der Waals surface area (Å²) in [7, 11) is 1.32. The van der Waals surface area contributed by atoms with E-state index >= 15 is 0 Å². The molecule has 0 saturated carbocycles. The highest BCUT2D eigenvalue weighted by Crippen LogP contribution is 2.36. The van der Waals surface area contributed by atoms with Gasteiger partial charge < -0.3 is 5.32 Å². The van der Waals surface area contributed by atoms with Crippen LogP contribution in [-0.2, 0) is 6.18 Å². The van der Waals surface area contributed by atoms with Gasteiger partial charge in [-0.1, -0.05) is 0 Å². The van der Waals surface area contributed by atoms with Crippen LogP contribution in [0.4, 0.5) is 24.5 Å². The molecule has 82 valence electrons. The minimum absolute atomic E-state index is 0.187. The molecule has 0 aliphatic rings. The van der Waals surface area contributed by atoms with Gasteiger partial charge in [0.1, 0.15) is 0 Å². The molecular weight excluding hydrogens is 213 g/mol. The zero-order valence-corrected chi connectivity index (χ0v) is 7.63. The molecule has 1 rings (SSSR count). The Morgan fingerprint density at radius 1 is 1.40 bits per heavy atom. The molecule has 0 saturated heterocycles. The van der Waals surface area contributed by atoms with Crippen LogP contribution in [0.5, 0.6) is 0 Å². The minimum Gasteiger partial charge on any atom is -0.388 e. The van der Waals surface area contributed by atoms with E-state index in [4.69, 9.17) is 0 Å². The molecule has 0 aliphatic heterocycles. The Morgan fingerprint density at radius 3 is 2.40 bits per heavy atom. The van der Waals surface area contributed by atoms with Crippen LogP contribution >= 0.6 is 0 Å². The number of halogens is 3. The molecule has 0 heterocycles. The summed E-state index contributed by atoms with van der Waals surface area (Å²) < 4.78 is 37.2. The van der Waals surface area contributed by atoms with Gasteiger partial charge in [0.2, 0.25) is 0 Å². The Morgan fingerprint density at radius 2 is 2.00 bits per heavy atom. The summed E-state index contributed by atoms with van der Waals surface area (Å²) >= 11 is 0. The van der Waals surface area contributed by atoms with Crippen molar-refractivity contribution < 1.29 is 18.1 Å². The van der Waals surface area contributed by atoms with Crippen molar-refractivity contribution in [2.24, 2.45) is 0 Å². The van der Waals surface area contributed by atoms with Crippen molar-refractivity contribution in [2.75, 3.05) is 12.4 Å². The molecular formula is C8H7F3N2O2. The highest BCUT2D eigenvalue weighted by Gasteiger charge is 2.34. The predicted octanol–water partition coefficient (Wildman–Crippen LogP) is 2.66. The fourth-order valence-corrected chi connectivity index (χ4v) is 1.10. The van der Waals surface area contributed by atoms with Gasteiger partial charge in [-0.15, -0.1) is 0 Å². The van der Waals surface area contributed by atoms with Gasteiger partial charge in [-0.25, -0.2) is 0 Å². The Kier molecular flexibility index (Phi) is 2.83. The van der Waals surface area contributed by atoms with Gasteiger partial charge in [-0.3, -0.25) is 10.1 Å². The molecule has 1 aromatic rings. The van der Waals surface area contributed by atoms with E-state index in [0.29, 0.717) is 6.07 Å². The molecule has 0 fully saturated rings. The van der Waals surface area contributed by atoms with Crippen LogP contribution in [0, 0.1) is 10.1 Å². The number of anilines is 1. The predicted molar refractivity (Wildman–Crippen MR) is 47.6 cm³/mol. The summed E-state index contributed by atoms with van der Waals surface area (Å²) in [6.07, 6.45) is -4.61. The van der Waals surface area contributed by atoms with Gasteiger partial charge in [-0.05, 0) is 6.07 Å². The van der Waals surface area contributed by atoms with Gasteiger partial charge in [0.25, 0.3) is 5.69 Å². The normalized spacial score (nSPS) is 11.2. The molecule has 0 aliphatic carbocycles. The first-order valence-corrected chi connectivity index (χ1v) is 3.89. The van der Waals surface area contributed by atoms with Crippen LogP contribution in [0.15, 0.2) is 18.2 Å². The Hall–Kier alpha value is -1.79. The molecule has 0 unspecified atom stereocenters. The molecule has 0 bridgehead atoms. The van der Waals surface area contributed by atoms with Crippen molar-refractivity contribution in [1.82, 2.24) is 0 Å². The van der Waals surface area contributed by atoms with Crippen molar-refractivity contribution >= 4 is 11.4 Å². The van der Waals surface area contributed by atoms with Crippen molar-refractivity contribution in [3.63, 3.8) is 0 Å². The Bertz CT molecular complexity index is 390. The lowest BCUT2D eigenvalue weighted by Crippen LogP contribution is -2.09. The number of hydrogen-bond acceptors (Lipinski definition) is 3. The molecule has 7 heteroatoms. The number of nitro groups is 1. The summed E-state index contributed by atoms with van der Waals surface area (Å²) in [5.41, 5.74) is -1.81. The fourth-order valence-electron chi connectivity index (χ4n) is 1.10. The van der Waals surface area contributed by atoms with Gasteiger partial charge in [-0.2, -0.15) is 13.2 Å². The van der Waals surface area contributed by atoms with Gasteiger partial charge in [0, 0.05) is 24.9 Å². The molecule has 1 N–H and O–H groups in total. The summed E-state index contributed by atoms with van der Waals surface area (Å²) in [6, 6.07) is 2.55. The lowest BCUT2D eigenvalue weighted by atomic mass is 10.1. The van der Waals surface area contributed by atoms with Crippen LogP contribution in [-0.4, -0.2) is 12.0 Å². The van der Waals surface area contributed by atoms with Crippen molar-refractivity contribution in [2.45, 2.75) is 6.18 Å². The van der Waals surface area contributed by atoms with Crippen LogP contribution in [0.25, 0.3) is 0 Å². The van der Waals surface area contributed by atoms with E-state index < -0.39 is 22.4 Å². The number of benzene rings is 1. The molecule has 0 atom stereocenters. The number of nitrogens with one attached hydrogen (secondary N) is 1. The maximum atomic E-state index is 12.4. The highest BCUT2D eigenvalue weighted by molar-refractivity contribution is 5.56. The van der Waals surface area contributed by atoms with Crippen LogP contribution in [0.2, 0.25) is 0 Å². The van der Waals surface area contributed by atoms with Crippen molar-refractivity contribution in [3.05, 3.63) is 33.9 Å². The number of alkyl halides is 3.